The molecule has 0 saturated carbocycles. The molecule has 0 atom stereocenters. The van der Waals surface area contributed by atoms with E-state index >= 15 is 0 Å². The van der Waals surface area contributed by atoms with Gasteiger partial charge in [-0.05, 0) is 6.07 Å². The lowest BCUT2D eigenvalue weighted by molar-refractivity contribution is 0.299. The van der Waals surface area contributed by atoms with E-state index in [4.69, 9.17) is 14.9 Å². The zero-order valence-electron chi connectivity index (χ0n) is 9.10. The number of rotatable bonds is 2. The Morgan fingerprint density at radius 3 is 2.94 bits per heavy atom. The van der Waals surface area contributed by atoms with Crippen molar-refractivity contribution >= 4 is 16.9 Å². The van der Waals surface area contributed by atoms with E-state index in [2.05, 4.69) is 15.2 Å². The van der Waals surface area contributed by atoms with Gasteiger partial charge in [-0.1, -0.05) is 12.1 Å². The number of nitrogens with one attached hydrogen (secondary N) is 1. The van der Waals surface area contributed by atoms with Crippen LogP contribution in [0.4, 0.5) is 5.82 Å². The summed E-state index contributed by atoms with van der Waals surface area (Å²) in [6.07, 6.45) is 1.89. The molecule has 3 N–H and O–H groups in total. The molecule has 2 heterocycles. The number of aromatic nitrogens is 3. The van der Waals surface area contributed by atoms with Gasteiger partial charge in [0.1, 0.15) is 11.3 Å². The number of nitrogens with zero attached hydrogens (tertiary/aromatic N) is 2. The first-order valence-corrected chi connectivity index (χ1v) is 5.02. The van der Waals surface area contributed by atoms with Crippen LogP contribution in [0, 0.1) is 0 Å². The van der Waals surface area contributed by atoms with Gasteiger partial charge in [-0.25, -0.2) is 0 Å². The molecule has 0 amide bonds. The first kappa shape index (κ1) is 9.71. The summed E-state index contributed by atoms with van der Waals surface area (Å²) in [7, 11) is 1.51. The summed E-state index contributed by atoms with van der Waals surface area (Å²) in [4.78, 5) is 4.24. The monoisotopic (exact) mass is 230 g/mol. The van der Waals surface area contributed by atoms with E-state index < -0.39 is 0 Å². The molecule has 0 aliphatic rings. The average Bonchev–Trinajstić information content (AvgIpc) is 2.93. The SMILES string of the molecule is COc1nc2c(-c3cn[nH]c3N)cccc2o1. The van der Waals surface area contributed by atoms with Crippen molar-refractivity contribution in [3.8, 4) is 17.2 Å². The van der Waals surface area contributed by atoms with E-state index in [1.54, 1.807) is 6.20 Å². The Hall–Kier alpha value is -2.50. The van der Waals surface area contributed by atoms with Gasteiger partial charge < -0.3 is 14.9 Å². The van der Waals surface area contributed by atoms with Crippen LogP contribution in [0.3, 0.4) is 0 Å². The van der Waals surface area contributed by atoms with Crippen molar-refractivity contribution in [1.82, 2.24) is 15.2 Å². The number of aromatic amines is 1. The molecule has 86 valence electrons. The molecule has 6 heteroatoms. The van der Waals surface area contributed by atoms with E-state index in [9.17, 15) is 0 Å². The Morgan fingerprint density at radius 1 is 1.35 bits per heavy atom. The van der Waals surface area contributed by atoms with Gasteiger partial charge in [0.2, 0.25) is 0 Å². The highest BCUT2D eigenvalue weighted by atomic mass is 16.6. The Labute approximate surface area is 96.4 Å². The van der Waals surface area contributed by atoms with Gasteiger partial charge in [-0.15, -0.1) is 0 Å². The number of fused-ring (bicyclic) bond motifs is 1. The van der Waals surface area contributed by atoms with E-state index in [1.807, 2.05) is 18.2 Å². The highest BCUT2D eigenvalue weighted by molar-refractivity contribution is 5.93. The molecule has 0 aliphatic heterocycles. The average molecular weight is 230 g/mol. The maximum absolute atomic E-state index is 5.80. The van der Waals surface area contributed by atoms with Crippen LogP contribution in [0.1, 0.15) is 0 Å². The fourth-order valence-corrected chi connectivity index (χ4v) is 1.74. The van der Waals surface area contributed by atoms with Crippen LogP contribution in [0.25, 0.3) is 22.2 Å². The standard InChI is InChI=1S/C11H10N4O2/c1-16-11-14-9-6(3-2-4-8(9)17-11)7-5-13-15-10(7)12/h2-5H,1H3,(H3,12,13,15). The second kappa shape index (κ2) is 3.51. The van der Waals surface area contributed by atoms with Gasteiger partial charge in [-0.2, -0.15) is 10.1 Å². The number of ether oxygens (including phenoxy) is 1. The summed E-state index contributed by atoms with van der Waals surface area (Å²) >= 11 is 0. The number of benzene rings is 1. The number of hydrogen-bond acceptors (Lipinski definition) is 5. The van der Waals surface area contributed by atoms with Crippen LogP contribution in [-0.2, 0) is 0 Å². The van der Waals surface area contributed by atoms with Crippen LogP contribution in [0.2, 0.25) is 0 Å². The van der Waals surface area contributed by atoms with E-state index in [0.717, 1.165) is 11.1 Å². The molecule has 0 aliphatic carbocycles. The lowest BCUT2D eigenvalue weighted by Gasteiger charge is -1.98. The van der Waals surface area contributed by atoms with Crippen LogP contribution in [0.15, 0.2) is 28.8 Å². The third kappa shape index (κ3) is 1.42. The summed E-state index contributed by atoms with van der Waals surface area (Å²) in [6.45, 7) is 0. The number of nitrogens with two attached hydrogens (primary N) is 1. The third-order valence-electron chi connectivity index (χ3n) is 2.53. The van der Waals surface area contributed by atoms with Gasteiger partial charge in [0, 0.05) is 11.1 Å². The lowest BCUT2D eigenvalue weighted by atomic mass is 10.1. The Bertz CT molecular complexity index is 671. The van der Waals surface area contributed by atoms with E-state index in [0.29, 0.717) is 16.9 Å². The summed E-state index contributed by atoms with van der Waals surface area (Å²) < 4.78 is 10.4. The molecule has 0 spiro atoms. The number of nitrogen functional groups attached to an aromatic ring is 1. The van der Waals surface area contributed by atoms with Gasteiger partial charge in [-0.3, -0.25) is 5.10 Å². The first-order chi connectivity index (χ1) is 8.29. The molecule has 0 radical (unpaired) electrons. The minimum absolute atomic E-state index is 0.231. The normalized spacial score (nSPS) is 10.9. The first-order valence-electron chi connectivity index (χ1n) is 5.02. The highest BCUT2D eigenvalue weighted by Crippen LogP contribution is 2.32. The molecule has 17 heavy (non-hydrogen) atoms. The Kier molecular flexibility index (Phi) is 2.01. The molecule has 0 saturated heterocycles. The quantitative estimate of drug-likeness (QED) is 0.700. The molecular weight excluding hydrogens is 220 g/mol. The number of para-hydroxylation sites is 1. The fourth-order valence-electron chi connectivity index (χ4n) is 1.74. The second-order valence-electron chi connectivity index (χ2n) is 3.53. The number of hydrogen-bond donors (Lipinski definition) is 2. The largest absolute Gasteiger partial charge is 0.453 e. The number of H-pyrrole nitrogens is 1. The molecule has 1 aromatic carbocycles. The fraction of sp³-hybridized carbons (Fsp3) is 0.0909. The number of oxazole rings is 1. The number of anilines is 1. The van der Waals surface area contributed by atoms with Gasteiger partial charge in [0.05, 0.1) is 13.3 Å². The second-order valence-corrected chi connectivity index (χ2v) is 3.53. The third-order valence-corrected chi connectivity index (χ3v) is 2.53. The van der Waals surface area contributed by atoms with Crippen molar-refractivity contribution in [2.24, 2.45) is 0 Å². The molecule has 0 bridgehead atoms. The zero-order valence-corrected chi connectivity index (χ0v) is 9.10. The summed E-state index contributed by atoms with van der Waals surface area (Å²) in [5, 5.41) is 6.58. The molecular formula is C11H10N4O2. The summed E-state index contributed by atoms with van der Waals surface area (Å²) in [5.41, 5.74) is 8.81. The number of methoxy groups -OCH3 is 1. The Morgan fingerprint density at radius 2 is 2.24 bits per heavy atom. The van der Waals surface area contributed by atoms with Crippen molar-refractivity contribution in [2.45, 2.75) is 0 Å². The van der Waals surface area contributed by atoms with Crippen molar-refractivity contribution in [2.75, 3.05) is 12.8 Å². The molecule has 6 nitrogen and oxygen atoms in total. The molecule has 2 aromatic heterocycles. The zero-order chi connectivity index (χ0) is 11.8. The van der Waals surface area contributed by atoms with Crippen LogP contribution >= 0.6 is 0 Å². The lowest BCUT2D eigenvalue weighted by Crippen LogP contribution is -1.88. The predicted molar refractivity (Wildman–Crippen MR) is 62.6 cm³/mol. The van der Waals surface area contributed by atoms with Crippen molar-refractivity contribution in [1.29, 1.82) is 0 Å². The minimum Gasteiger partial charge on any atom is -0.453 e. The summed E-state index contributed by atoms with van der Waals surface area (Å²) in [6, 6.07) is 5.60. The van der Waals surface area contributed by atoms with Crippen molar-refractivity contribution in [3.05, 3.63) is 24.4 Å². The molecule has 3 aromatic rings. The van der Waals surface area contributed by atoms with Crippen molar-refractivity contribution < 1.29 is 9.15 Å². The molecule has 3 rings (SSSR count). The Balaban J connectivity index is 2.29. The van der Waals surface area contributed by atoms with Crippen LogP contribution in [-0.4, -0.2) is 22.3 Å². The van der Waals surface area contributed by atoms with E-state index in [-0.39, 0.29) is 6.08 Å². The smallest absolute Gasteiger partial charge is 0.394 e. The van der Waals surface area contributed by atoms with Crippen molar-refractivity contribution in [3.63, 3.8) is 0 Å². The summed E-state index contributed by atoms with van der Waals surface area (Å²) in [5.74, 6) is 0.500. The van der Waals surface area contributed by atoms with Crippen LogP contribution in [0.5, 0.6) is 6.08 Å². The minimum atomic E-state index is 0.231. The molecule has 0 unspecified atom stereocenters. The highest BCUT2D eigenvalue weighted by Gasteiger charge is 2.13. The molecule has 0 fully saturated rings. The van der Waals surface area contributed by atoms with E-state index in [1.165, 1.54) is 7.11 Å². The predicted octanol–water partition coefficient (Wildman–Crippen LogP) is 1.81. The van der Waals surface area contributed by atoms with Crippen LogP contribution < -0.4 is 10.5 Å². The maximum Gasteiger partial charge on any atom is 0.394 e. The van der Waals surface area contributed by atoms with Gasteiger partial charge >= 0.3 is 6.08 Å². The topological polar surface area (TPSA) is 90.0 Å². The maximum atomic E-state index is 5.80. The van der Waals surface area contributed by atoms with Gasteiger partial charge in [0.25, 0.3) is 0 Å². The van der Waals surface area contributed by atoms with Gasteiger partial charge in [0.15, 0.2) is 5.58 Å².